The molecule has 2 rings (SSSR count). The third-order valence-electron chi connectivity index (χ3n) is 3.83. The Morgan fingerprint density at radius 3 is 2.35 bits per heavy atom. The first kappa shape index (κ1) is 19.2. The Bertz CT molecular complexity index is 784. The molecular formula is C20H22FN3O2. The second-order valence-corrected chi connectivity index (χ2v) is 5.55. The van der Waals surface area contributed by atoms with Gasteiger partial charge in [-0.2, -0.15) is 0 Å². The summed E-state index contributed by atoms with van der Waals surface area (Å²) >= 11 is 0. The zero-order valence-electron chi connectivity index (χ0n) is 14.8. The van der Waals surface area contributed by atoms with Crippen molar-refractivity contribution in [1.29, 1.82) is 0 Å². The van der Waals surface area contributed by atoms with Crippen LogP contribution in [0, 0.1) is 5.82 Å². The van der Waals surface area contributed by atoms with Crippen molar-refractivity contribution in [2.24, 2.45) is 0 Å². The molecule has 0 aliphatic heterocycles. The number of amides is 2. The molecule has 0 aromatic heterocycles. The van der Waals surface area contributed by atoms with Gasteiger partial charge < -0.3 is 4.90 Å². The molecule has 0 atom stereocenters. The summed E-state index contributed by atoms with van der Waals surface area (Å²) in [6.07, 6.45) is 2.68. The quantitative estimate of drug-likeness (QED) is 0.618. The van der Waals surface area contributed by atoms with E-state index >= 15 is 0 Å². The lowest BCUT2D eigenvalue weighted by Gasteiger charge is -2.21. The number of carbonyl (C=O) groups is 2. The molecule has 5 nitrogen and oxygen atoms in total. The maximum Gasteiger partial charge on any atom is 0.269 e. The maximum absolute atomic E-state index is 13.1. The number of nitrogens with one attached hydrogen (secondary N) is 2. The Kier molecular flexibility index (Phi) is 6.91. The first-order valence-corrected chi connectivity index (χ1v) is 8.42. The molecule has 0 bridgehead atoms. The first-order valence-electron chi connectivity index (χ1n) is 8.42. The molecule has 26 heavy (non-hydrogen) atoms. The van der Waals surface area contributed by atoms with Crippen LogP contribution >= 0.6 is 0 Å². The fourth-order valence-corrected chi connectivity index (χ4v) is 2.43. The summed E-state index contributed by atoms with van der Waals surface area (Å²) < 4.78 is 13.1. The van der Waals surface area contributed by atoms with Gasteiger partial charge in [0.2, 0.25) is 0 Å². The minimum atomic E-state index is -0.512. The molecule has 2 aromatic rings. The van der Waals surface area contributed by atoms with Crippen LogP contribution in [0.2, 0.25) is 0 Å². The number of hydrogen-bond acceptors (Lipinski definition) is 3. The summed E-state index contributed by atoms with van der Waals surface area (Å²) in [7, 11) is 0. The van der Waals surface area contributed by atoms with Gasteiger partial charge in [-0.1, -0.05) is 12.1 Å². The van der Waals surface area contributed by atoms with Gasteiger partial charge in [-0.25, -0.2) is 4.39 Å². The van der Waals surface area contributed by atoms with Crippen LogP contribution in [0.25, 0.3) is 6.08 Å². The molecule has 2 amide bonds. The highest BCUT2D eigenvalue weighted by atomic mass is 19.1. The van der Waals surface area contributed by atoms with E-state index in [0.29, 0.717) is 11.1 Å². The molecule has 136 valence electrons. The van der Waals surface area contributed by atoms with E-state index in [9.17, 15) is 14.0 Å². The Balaban J connectivity index is 1.88. The summed E-state index contributed by atoms with van der Waals surface area (Å²) in [4.78, 5) is 26.0. The first-order chi connectivity index (χ1) is 12.5. The van der Waals surface area contributed by atoms with Crippen LogP contribution in [0.4, 0.5) is 10.1 Å². The molecule has 0 unspecified atom stereocenters. The van der Waals surface area contributed by atoms with E-state index in [1.165, 1.54) is 24.3 Å². The summed E-state index contributed by atoms with van der Waals surface area (Å²) in [6, 6.07) is 13.0. The molecular weight excluding hydrogens is 333 g/mol. The highest BCUT2D eigenvalue weighted by Crippen LogP contribution is 2.14. The van der Waals surface area contributed by atoms with Gasteiger partial charge in [0.15, 0.2) is 0 Å². The van der Waals surface area contributed by atoms with Crippen molar-refractivity contribution < 1.29 is 14.0 Å². The van der Waals surface area contributed by atoms with Crippen LogP contribution in [-0.2, 0) is 4.79 Å². The molecule has 0 saturated heterocycles. The molecule has 0 heterocycles. The van der Waals surface area contributed by atoms with Crippen molar-refractivity contribution in [2.75, 3.05) is 18.0 Å². The molecule has 0 spiro atoms. The summed E-state index contributed by atoms with van der Waals surface area (Å²) in [5, 5.41) is 0. The Morgan fingerprint density at radius 1 is 1.04 bits per heavy atom. The van der Waals surface area contributed by atoms with Gasteiger partial charge in [-0.15, -0.1) is 0 Å². The normalized spacial score (nSPS) is 10.6. The minimum absolute atomic E-state index is 0.381. The molecule has 0 fully saturated rings. The van der Waals surface area contributed by atoms with Crippen molar-refractivity contribution in [3.8, 4) is 0 Å². The Morgan fingerprint density at radius 2 is 1.73 bits per heavy atom. The minimum Gasteiger partial charge on any atom is -0.372 e. The van der Waals surface area contributed by atoms with E-state index in [-0.39, 0.29) is 5.82 Å². The molecule has 0 aliphatic rings. The monoisotopic (exact) mass is 355 g/mol. The van der Waals surface area contributed by atoms with E-state index < -0.39 is 11.8 Å². The predicted octanol–water partition coefficient (Wildman–Crippen LogP) is 3.15. The van der Waals surface area contributed by atoms with Crippen LogP contribution in [-0.4, -0.2) is 24.9 Å². The smallest absolute Gasteiger partial charge is 0.269 e. The summed E-state index contributed by atoms with van der Waals surface area (Å²) in [5.41, 5.74) is 6.67. The van der Waals surface area contributed by atoms with Gasteiger partial charge in [-0.3, -0.25) is 20.4 Å². The fourth-order valence-electron chi connectivity index (χ4n) is 2.43. The lowest BCUT2D eigenvalue weighted by molar-refractivity contribution is -0.117. The van der Waals surface area contributed by atoms with Crippen LogP contribution in [0.1, 0.15) is 29.8 Å². The van der Waals surface area contributed by atoms with E-state index in [1.54, 1.807) is 24.3 Å². The molecule has 2 aromatic carbocycles. The predicted molar refractivity (Wildman–Crippen MR) is 101 cm³/mol. The van der Waals surface area contributed by atoms with Crippen molar-refractivity contribution in [3.63, 3.8) is 0 Å². The average Bonchev–Trinajstić information content (AvgIpc) is 2.66. The van der Waals surface area contributed by atoms with Gasteiger partial charge in [0, 0.05) is 30.4 Å². The largest absolute Gasteiger partial charge is 0.372 e. The third kappa shape index (κ3) is 5.44. The standard InChI is InChI=1S/C20H22FN3O2/c1-3-24(4-2)18-11-9-16(10-12-18)20(26)23-22-19(25)13-8-15-6-5-7-17(21)14-15/h5-14H,3-4H2,1-2H3,(H,22,25)(H,23,26)/b13-8+. The SMILES string of the molecule is CCN(CC)c1ccc(C(=O)NNC(=O)/C=C/c2cccc(F)c2)cc1. The number of hydrogen-bond donors (Lipinski definition) is 2. The highest BCUT2D eigenvalue weighted by molar-refractivity contribution is 5.98. The average molecular weight is 355 g/mol. The maximum atomic E-state index is 13.1. The number of benzene rings is 2. The molecule has 6 heteroatoms. The number of hydrazine groups is 1. The van der Waals surface area contributed by atoms with Gasteiger partial charge in [0.25, 0.3) is 11.8 Å². The van der Waals surface area contributed by atoms with Crippen molar-refractivity contribution in [2.45, 2.75) is 13.8 Å². The van der Waals surface area contributed by atoms with Crippen molar-refractivity contribution >= 4 is 23.6 Å². The molecule has 0 radical (unpaired) electrons. The second kappa shape index (κ2) is 9.36. The number of nitrogens with zero attached hydrogens (tertiary/aromatic N) is 1. The number of rotatable bonds is 6. The number of halogens is 1. The fraction of sp³-hybridized carbons (Fsp3) is 0.200. The Labute approximate surface area is 152 Å². The number of anilines is 1. The summed E-state index contributed by atoms with van der Waals surface area (Å²) in [5.74, 6) is -1.31. The van der Waals surface area contributed by atoms with E-state index in [4.69, 9.17) is 0 Å². The topological polar surface area (TPSA) is 61.4 Å². The van der Waals surface area contributed by atoms with Crippen LogP contribution in [0.15, 0.2) is 54.6 Å². The zero-order valence-corrected chi connectivity index (χ0v) is 14.8. The Hall–Kier alpha value is -3.15. The van der Waals surface area contributed by atoms with E-state index in [2.05, 4.69) is 29.6 Å². The van der Waals surface area contributed by atoms with Gasteiger partial charge in [0.1, 0.15) is 5.82 Å². The molecule has 0 saturated carbocycles. The second-order valence-electron chi connectivity index (χ2n) is 5.55. The van der Waals surface area contributed by atoms with Gasteiger partial charge in [-0.05, 0) is 61.9 Å². The highest BCUT2D eigenvalue weighted by Gasteiger charge is 2.07. The lowest BCUT2D eigenvalue weighted by atomic mass is 10.2. The van der Waals surface area contributed by atoms with Gasteiger partial charge in [0.05, 0.1) is 0 Å². The molecule has 0 aliphatic carbocycles. The van der Waals surface area contributed by atoms with Crippen molar-refractivity contribution in [1.82, 2.24) is 10.9 Å². The number of carbonyl (C=O) groups excluding carboxylic acids is 2. The van der Waals surface area contributed by atoms with Crippen LogP contribution in [0.5, 0.6) is 0 Å². The van der Waals surface area contributed by atoms with Gasteiger partial charge >= 0.3 is 0 Å². The van der Waals surface area contributed by atoms with E-state index in [1.807, 2.05) is 12.1 Å². The van der Waals surface area contributed by atoms with Crippen molar-refractivity contribution in [3.05, 3.63) is 71.6 Å². The molecule has 2 N–H and O–H groups in total. The summed E-state index contributed by atoms with van der Waals surface area (Å²) in [6.45, 7) is 5.90. The lowest BCUT2D eigenvalue weighted by Crippen LogP contribution is -2.40. The zero-order chi connectivity index (χ0) is 18.9. The van der Waals surface area contributed by atoms with E-state index in [0.717, 1.165) is 18.8 Å². The van der Waals surface area contributed by atoms with Crippen LogP contribution in [0.3, 0.4) is 0 Å². The third-order valence-corrected chi connectivity index (χ3v) is 3.83. The van der Waals surface area contributed by atoms with Crippen LogP contribution < -0.4 is 15.8 Å².